The summed E-state index contributed by atoms with van der Waals surface area (Å²) in [6.45, 7) is 5.08. The minimum absolute atomic E-state index is 0.0668. The summed E-state index contributed by atoms with van der Waals surface area (Å²) in [6.07, 6.45) is 0. The lowest BCUT2D eigenvalue weighted by molar-refractivity contribution is -0.117. The van der Waals surface area contributed by atoms with Gasteiger partial charge in [-0.15, -0.1) is 0 Å². The molecule has 1 saturated heterocycles. The zero-order valence-electron chi connectivity index (χ0n) is 15.0. The second kappa shape index (κ2) is 8.74. The van der Waals surface area contributed by atoms with Gasteiger partial charge in [-0.25, -0.2) is 0 Å². The summed E-state index contributed by atoms with van der Waals surface area (Å²) in [7, 11) is 0. The number of carbonyl (C=O) groups is 2. The number of amides is 1. The highest BCUT2D eigenvalue weighted by molar-refractivity contribution is 6.44. The van der Waals surface area contributed by atoms with Crippen molar-refractivity contribution in [2.75, 3.05) is 42.9 Å². The lowest BCUT2D eigenvalue weighted by atomic mass is 10.1. The van der Waals surface area contributed by atoms with Crippen LogP contribution in [0.2, 0.25) is 10.0 Å². The second-order valence-electron chi connectivity index (χ2n) is 6.52. The second-order valence-corrected chi connectivity index (χ2v) is 7.30. The Balaban J connectivity index is 1.51. The van der Waals surface area contributed by atoms with Crippen molar-refractivity contribution in [1.82, 2.24) is 4.90 Å². The molecule has 2 aromatic rings. The number of halogens is 2. The van der Waals surface area contributed by atoms with Crippen LogP contribution in [-0.4, -0.2) is 49.3 Å². The van der Waals surface area contributed by atoms with Crippen molar-refractivity contribution in [3.63, 3.8) is 0 Å². The highest BCUT2D eigenvalue weighted by Gasteiger charge is 2.20. The molecule has 1 aliphatic heterocycles. The van der Waals surface area contributed by atoms with Crippen LogP contribution in [0.15, 0.2) is 42.5 Å². The van der Waals surface area contributed by atoms with Crippen molar-refractivity contribution in [3.8, 4) is 0 Å². The van der Waals surface area contributed by atoms with E-state index in [0.29, 0.717) is 27.8 Å². The molecule has 0 radical (unpaired) electrons. The van der Waals surface area contributed by atoms with Crippen molar-refractivity contribution in [1.29, 1.82) is 0 Å². The Morgan fingerprint density at radius 1 is 1.00 bits per heavy atom. The number of ketones is 1. The fourth-order valence-corrected chi connectivity index (χ4v) is 3.41. The van der Waals surface area contributed by atoms with Gasteiger partial charge in [0.2, 0.25) is 5.91 Å². The van der Waals surface area contributed by atoms with E-state index >= 15 is 0 Å². The van der Waals surface area contributed by atoms with E-state index in [9.17, 15) is 9.59 Å². The lowest BCUT2D eigenvalue weighted by Gasteiger charge is -2.35. The van der Waals surface area contributed by atoms with E-state index in [1.807, 2.05) is 24.3 Å². The molecule has 1 fully saturated rings. The fraction of sp³-hybridized carbons (Fsp3) is 0.300. The predicted octanol–water partition coefficient (Wildman–Crippen LogP) is 3.96. The molecule has 142 valence electrons. The first-order valence-corrected chi connectivity index (χ1v) is 9.52. The number of carbonyl (C=O) groups excluding carboxylic acids is 2. The molecule has 0 spiro atoms. The van der Waals surface area contributed by atoms with E-state index in [4.69, 9.17) is 23.2 Å². The third-order valence-corrected chi connectivity index (χ3v) is 5.42. The van der Waals surface area contributed by atoms with Gasteiger partial charge >= 0.3 is 0 Å². The minimum atomic E-state index is -0.113. The topological polar surface area (TPSA) is 52.7 Å². The lowest BCUT2D eigenvalue weighted by Crippen LogP contribution is -2.48. The van der Waals surface area contributed by atoms with Crippen LogP contribution in [0.1, 0.15) is 17.3 Å². The number of nitrogens with one attached hydrogen (secondary N) is 1. The average molecular weight is 406 g/mol. The van der Waals surface area contributed by atoms with Gasteiger partial charge in [0.15, 0.2) is 5.78 Å². The van der Waals surface area contributed by atoms with Gasteiger partial charge in [0.05, 0.1) is 22.3 Å². The zero-order valence-corrected chi connectivity index (χ0v) is 16.6. The molecule has 0 aromatic heterocycles. The monoisotopic (exact) mass is 405 g/mol. The van der Waals surface area contributed by atoms with Crippen LogP contribution in [0, 0.1) is 0 Å². The molecule has 7 heteroatoms. The number of rotatable bonds is 5. The molecular weight excluding hydrogens is 385 g/mol. The number of benzene rings is 2. The first-order valence-electron chi connectivity index (χ1n) is 8.76. The van der Waals surface area contributed by atoms with Gasteiger partial charge < -0.3 is 10.2 Å². The van der Waals surface area contributed by atoms with E-state index in [-0.39, 0.29) is 11.7 Å². The molecule has 0 aliphatic carbocycles. The van der Waals surface area contributed by atoms with Crippen LogP contribution in [0.5, 0.6) is 0 Å². The maximum atomic E-state index is 12.3. The quantitative estimate of drug-likeness (QED) is 0.764. The summed E-state index contributed by atoms with van der Waals surface area (Å²) in [4.78, 5) is 28.0. The largest absolute Gasteiger partial charge is 0.369 e. The number of hydrogen-bond donors (Lipinski definition) is 1. The summed E-state index contributed by atoms with van der Waals surface area (Å²) < 4.78 is 0. The first-order chi connectivity index (χ1) is 12.9. The van der Waals surface area contributed by atoms with Gasteiger partial charge in [-0.2, -0.15) is 0 Å². The SMILES string of the molecule is CC(=O)c1ccc(N2CCN(CC(=O)Nc3cccc(Cl)c3Cl)CC2)cc1. The molecule has 1 aliphatic rings. The molecule has 27 heavy (non-hydrogen) atoms. The minimum Gasteiger partial charge on any atom is -0.369 e. The Labute approximate surface area is 168 Å². The Bertz CT molecular complexity index is 832. The third-order valence-electron chi connectivity index (χ3n) is 4.60. The standard InChI is InChI=1S/C20H21Cl2N3O2/c1-14(26)15-5-7-16(8-6-15)25-11-9-24(10-12-25)13-19(27)23-18-4-2-3-17(21)20(18)22/h2-8H,9-13H2,1H3,(H,23,27). The van der Waals surface area contributed by atoms with Crippen LogP contribution in [0.3, 0.4) is 0 Å². The molecule has 3 rings (SSSR count). The summed E-state index contributed by atoms with van der Waals surface area (Å²) in [5.74, 6) is -0.0457. The summed E-state index contributed by atoms with van der Waals surface area (Å²) >= 11 is 12.1. The number of nitrogens with zero attached hydrogens (tertiary/aromatic N) is 2. The number of hydrogen-bond acceptors (Lipinski definition) is 4. The van der Waals surface area contributed by atoms with Gasteiger partial charge in [-0.1, -0.05) is 29.3 Å². The number of piperazine rings is 1. The Hall–Kier alpha value is -2.08. The maximum Gasteiger partial charge on any atom is 0.238 e. The summed E-state index contributed by atoms with van der Waals surface area (Å²) in [5, 5.41) is 3.58. The van der Waals surface area contributed by atoms with Crippen molar-refractivity contribution >= 4 is 46.3 Å². The average Bonchev–Trinajstić information content (AvgIpc) is 2.66. The van der Waals surface area contributed by atoms with Gasteiger partial charge in [0.1, 0.15) is 0 Å². The van der Waals surface area contributed by atoms with Gasteiger partial charge in [0, 0.05) is 37.4 Å². The van der Waals surface area contributed by atoms with E-state index in [1.54, 1.807) is 25.1 Å². The Morgan fingerprint density at radius 3 is 2.30 bits per heavy atom. The van der Waals surface area contributed by atoms with E-state index in [0.717, 1.165) is 31.9 Å². The summed E-state index contributed by atoms with van der Waals surface area (Å²) in [5.41, 5.74) is 2.34. The van der Waals surface area contributed by atoms with Crippen LogP contribution < -0.4 is 10.2 Å². The third kappa shape index (κ3) is 5.01. The number of Topliss-reactive ketones (excluding diaryl/α,β-unsaturated/α-hetero) is 1. The Morgan fingerprint density at radius 2 is 1.67 bits per heavy atom. The van der Waals surface area contributed by atoms with Gasteiger partial charge in [-0.3, -0.25) is 14.5 Å². The van der Waals surface area contributed by atoms with Crippen LogP contribution >= 0.6 is 23.2 Å². The molecule has 1 amide bonds. The van der Waals surface area contributed by atoms with E-state index in [1.165, 1.54) is 0 Å². The van der Waals surface area contributed by atoms with Crippen molar-refractivity contribution in [3.05, 3.63) is 58.1 Å². The molecule has 0 bridgehead atoms. The molecule has 0 unspecified atom stereocenters. The number of anilines is 2. The normalized spacial score (nSPS) is 14.9. The molecule has 2 aromatic carbocycles. The highest BCUT2D eigenvalue weighted by atomic mass is 35.5. The summed E-state index contributed by atoms with van der Waals surface area (Å²) in [6, 6.07) is 12.8. The van der Waals surface area contributed by atoms with E-state index < -0.39 is 0 Å². The molecule has 0 saturated carbocycles. The zero-order chi connectivity index (χ0) is 19.4. The highest BCUT2D eigenvalue weighted by Crippen LogP contribution is 2.29. The van der Waals surface area contributed by atoms with Crippen LogP contribution in [0.25, 0.3) is 0 Å². The van der Waals surface area contributed by atoms with Crippen LogP contribution in [-0.2, 0) is 4.79 Å². The van der Waals surface area contributed by atoms with Crippen LogP contribution in [0.4, 0.5) is 11.4 Å². The van der Waals surface area contributed by atoms with Gasteiger partial charge in [0.25, 0.3) is 0 Å². The predicted molar refractivity (Wildman–Crippen MR) is 110 cm³/mol. The van der Waals surface area contributed by atoms with Crippen molar-refractivity contribution in [2.45, 2.75) is 6.92 Å². The maximum absolute atomic E-state index is 12.3. The molecule has 1 heterocycles. The first kappa shape index (κ1) is 19.7. The molecule has 0 atom stereocenters. The van der Waals surface area contributed by atoms with Crippen molar-refractivity contribution < 1.29 is 9.59 Å². The van der Waals surface area contributed by atoms with Crippen molar-refractivity contribution in [2.24, 2.45) is 0 Å². The van der Waals surface area contributed by atoms with Gasteiger partial charge in [-0.05, 0) is 43.3 Å². The Kier molecular flexibility index (Phi) is 6.37. The molecular formula is C20H21Cl2N3O2. The molecule has 1 N–H and O–H groups in total. The van der Waals surface area contributed by atoms with E-state index in [2.05, 4.69) is 15.1 Å². The smallest absolute Gasteiger partial charge is 0.238 e. The molecule has 5 nitrogen and oxygen atoms in total. The fourth-order valence-electron chi connectivity index (χ4n) is 3.06.